The van der Waals surface area contributed by atoms with E-state index in [0.717, 1.165) is 5.56 Å². The minimum atomic E-state index is -3.87. The Labute approximate surface area is 302 Å². The Balaban J connectivity index is 1.26. The van der Waals surface area contributed by atoms with E-state index < -0.39 is 16.1 Å². The molecular formula is C37H42N8O6S. The predicted molar refractivity (Wildman–Crippen MR) is 194 cm³/mol. The quantitative estimate of drug-likeness (QED) is 0.192. The summed E-state index contributed by atoms with van der Waals surface area (Å²) >= 11 is 0. The van der Waals surface area contributed by atoms with Crippen molar-refractivity contribution in [2.45, 2.75) is 30.3 Å². The van der Waals surface area contributed by atoms with Crippen molar-refractivity contribution in [1.29, 1.82) is 0 Å². The number of imidazole rings is 1. The molecular weight excluding hydrogens is 685 g/mol. The van der Waals surface area contributed by atoms with Crippen LogP contribution in [0.25, 0.3) is 11.3 Å². The van der Waals surface area contributed by atoms with Crippen LogP contribution < -0.4 is 20.5 Å². The summed E-state index contributed by atoms with van der Waals surface area (Å²) in [5.74, 6) is 1.00. The van der Waals surface area contributed by atoms with Crippen LogP contribution in [0.1, 0.15) is 34.9 Å². The van der Waals surface area contributed by atoms with Crippen LogP contribution in [0.5, 0.6) is 11.5 Å². The lowest BCUT2D eigenvalue weighted by atomic mass is 10.0. The first-order chi connectivity index (χ1) is 25.3. The number of aromatic nitrogens is 5. The number of carbonyl (C=O) groups excluding carboxylic acids is 1. The van der Waals surface area contributed by atoms with E-state index in [1.54, 1.807) is 39.5 Å². The van der Waals surface area contributed by atoms with Gasteiger partial charge < -0.3 is 19.7 Å². The molecule has 1 amide bonds. The SMILES string of the molecule is Cn1cc(S(=O)(=O)N2CCCC(n3c(-c4ccccc4)c(C(=O)N4CCNCC4)n(Cc4cccc(OCCOc5cccnc5)c4)c3=O)C2)cn1. The van der Waals surface area contributed by atoms with Crippen LogP contribution >= 0.6 is 0 Å². The standard InChI is InChI=1S/C37H42N8O6S/c1-41-27-33(24-40-41)52(48,49)43-17-7-11-30(26-43)45-34(29-9-3-2-4-10-29)35(36(46)42-18-15-38-16-19-42)44(37(45)47)25-28-8-5-12-31(22-28)50-20-21-51-32-13-6-14-39-23-32/h2-6,8-10,12-14,22-24,27,30,38H,7,11,15-21,25-26H2,1H3. The molecule has 2 saturated heterocycles. The van der Waals surface area contributed by atoms with E-state index in [-0.39, 0.29) is 35.3 Å². The van der Waals surface area contributed by atoms with Gasteiger partial charge >= 0.3 is 5.69 Å². The van der Waals surface area contributed by atoms with Crippen LogP contribution in [-0.2, 0) is 23.6 Å². The lowest BCUT2D eigenvalue weighted by Crippen LogP contribution is -2.47. The average Bonchev–Trinajstić information content (AvgIpc) is 3.75. The predicted octanol–water partition coefficient (Wildman–Crippen LogP) is 3.02. The van der Waals surface area contributed by atoms with Crippen molar-refractivity contribution in [3.8, 4) is 22.8 Å². The Kier molecular flexibility index (Phi) is 10.5. The second kappa shape index (κ2) is 15.6. The number of sulfonamides is 1. The van der Waals surface area contributed by atoms with Crippen molar-refractivity contribution < 1.29 is 22.7 Å². The second-order valence-corrected chi connectivity index (χ2v) is 14.8. The molecule has 5 heterocycles. The third-order valence-corrected chi connectivity index (χ3v) is 11.2. The summed E-state index contributed by atoms with van der Waals surface area (Å²) in [6, 6.07) is 20.0. The molecule has 3 aromatic heterocycles. The molecule has 1 N–H and O–H groups in total. The molecule has 0 spiro atoms. The summed E-state index contributed by atoms with van der Waals surface area (Å²) < 4.78 is 45.3. The molecule has 5 aromatic rings. The van der Waals surface area contributed by atoms with Gasteiger partial charge in [0.25, 0.3) is 5.91 Å². The summed E-state index contributed by atoms with van der Waals surface area (Å²) in [4.78, 5) is 35.4. The fourth-order valence-corrected chi connectivity index (χ4v) is 8.36. The number of carbonyl (C=O) groups is 1. The molecule has 2 fully saturated rings. The van der Waals surface area contributed by atoms with Crippen LogP contribution in [0.4, 0.5) is 0 Å². The number of benzene rings is 2. The van der Waals surface area contributed by atoms with Gasteiger partial charge in [0.2, 0.25) is 10.0 Å². The maximum absolute atomic E-state index is 14.8. The zero-order valence-corrected chi connectivity index (χ0v) is 29.8. The molecule has 272 valence electrons. The Bertz CT molecular complexity index is 2160. The Morgan fingerprint density at radius 1 is 0.942 bits per heavy atom. The monoisotopic (exact) mass is 726 g/mol. The molecule has 14 nitrogen and oxygen atoms in total. The number of amides is 1. The van der Waals surface area contributed by atoms with E-state index in [0.29, 0.717) is 81.5 Å². The molecule has 2 aliphatic rings. The molecule has 2 aliphatic heterocycles. The number of rotatable bonds is 12. The van der Waals surface area contributed by atoms with E-state index in [9.17, 15) is 18.0 Å². The van der Waals surface area contributed by atoms with Gasteiger partial charge in [0.05, 0.1) is 30.7 Å². The first kappa shape index (κ1) is 35.2. The van der Waals surface area contributed by atoms with Crippen LogP contribution in [-0.4, -0.2) is 99.9 Å². The fourth-order valence-electron chi connectivity index (χ4n) is 6.85. The first-order valence-corrected chi connectivity index (χ1v) is 18.9. The Morgan fingerprint density at radius 2 is 1.71 bits per heavy atom. The van der Waals surface area contributed by atoms with Gasteiger partial charge in [-0.2, -0.15) is 9.40 Å². The zero-order chi connectivity index (χ0) is 36.1. The highest BCUT2D eigenvalue weighted by molar-refractivity contribution is 7.89. The van der Waals surface area contributed by atoms with E-state index >= 15 is 0 Å². The number of nitrogens with zero attached hydrogens (tertiary/aromatic N) is 7. The number of pyridine rings is 1. The van der Waals surface area contributed by atoms with Crippen molar-refractivity contribution in [1.82, 2.24) is 38.4 Å². The Hall–Kier alpha value is -5.25. The summed E-state index contributed by atoms with van der Waals surface area (Å²) in [5.41, 5.74) is 1.86. The lowest BCUT2D eigenvalue weighted by molar-refractivity contribution is 0.0725. The number of ether oxygens (including phenoxy) is 2. The normalized spacial score (nSPS) is 16.9. The van der Waals surface area contributed by atoms with Crippen LogP contribution in [0.15, 0.2) is 101 Å². The molecule has 1 atom stereocenters. The van der Waals surface area contributed by atoms with Gasteiger partial charge in [-0.3, -0.25) is 23.6 Å². The van der Waals surface area contributed by atoms with Gasteiger partial charge in [-0.25, -0.2) is 13.2 Å². The minimum Gasteiger partial charge on any atom is -0.490 e. The highest BCUT2D eigenvalue weighted by Gasteiger charge is 2.37. The van der Waals surface area contributed by atoms with Gasteiger partial charge in [0.1, 0.15) is 35.3 Å². The van der Waals surface area contributed by atoms with E-state index in [1.807, 2.05) is 60.7 Å². The number of hydrogen-bond donors (Lipinski definition) is 1. The van der Waals surface area contributed by atoms with Gasteiger partial charge in [-0.1, -0.05) is 42.5 Å². The molecule has 15 heteroatoms. The van der Waals surface area contributed by atoms with Crippen molar-refractivity contribution >= 4 is 15.9 Å². The summed E-state index contributed by atoms with van der Waals surface area (Å²) in [7, 11) is -2.20. The number of hydrogen-bond acceptors (Lipinski definition) is 9. The third-order valence-electron chi connectivity index (χ3n) is 9.36. The first-order valence-electron chi connectivity index (χ1n) is 17.4. The topological polar surface area (TPSA) is 146 Å². The maximum atomic E-state index is 14.8. The maximum Gasteiger partial charge on any atom is 0.329 e. The van der Waals surface area contributed by atoms with Crippen LogP contribution in [0, 0.1) is 0 Å². The molecule has 0 aliphatic carbocycles. The smallest absolute Gasteiger partial charge is 0.329 e. The van der Waals surface area contributed by atoms with Gasteiger partial charge in [-0.15, -0.1) is 0 Å². The van der Waals surface area contributed by atoms with E-state index in [1.165, 1.54) is 21.4 Å². The summed E-state index contributed by atoms with van der Waals surface area (Å²) in [6.45, 7) is 3.39. The zero-order valence-electron chi connectivity index (χ0n) is 29.0. The van der Waals surface area contributed by atoms with Crippen molar-refractivity contribution in [2.75, 3.05) is 52.5 Å². The second-order valence-electron chi connectivity index (χ2n) is 12.9. The molecule has 0 radical (unpaired) electrons. The molecule has 7 rings (SSSR count). The van der Waals surface area contributed by atoms with Crippen molar-refractivity contribution in [3.63, 3.8) is 0 Å². The van der Waals surface area contributed by atoms with E-state index in [2.05, 4.69) is 15.4 Å². The third kappa shape index (κ3) is 7.52. The lowest BCUT2D eigenvalue weighted by Gasteiger charge is -2.33. The highest BCUT2D eigenvalue weighted by atomic mass is 32.2. The van der Waals surface area contributed by atoms with E-state index in [4.69, 9.17) is 9.47 Å². The van der Waals surface area contributed by atoms with Gasteiger partial charge in [-0.05, 0) is 42.7 Å². The number of piperidine rings is 1. The highest BCUT2D eigenvalue weighted by Crippen LogP contribution is 2.33. The molecule has 0 bridgehead atoms. The van der Waals surface area contributed by atoms with Crippen LogP contribution in [0.2, 0.25) is 0 Å². The molecule has 2 aromatic carbocycles. The van der Waals surface area contributed by atoms with Crippen LogP contribution in [0.3, 0.4) is 0 Å². The number of nitrogens with one attached hydrogen (secondary N) is 1. The molecule has 52 heavy (non-hydrogen) atoms. The summed E-state index contributed by atoms with van der Waals surface area (Å²) in [5, 5.41) is 7.37. The van der Waals surface area contributed by atoms with Crippen molar-refractivity contribution in [3.05, 3.63) is 113 Å². The van der Waals surface area contributed by atoms with Crippen molar-refractivity contribution in [2.24, 2.45) is 7.05 Å². The fraction of sp³-hybridized carbons (Fsp3) is 0.351. The number of piperazine rings is 1. The Morgan fingerprint density at radius 3 is 2.44 bits per heavy atom. The molecule has 1 unspecified atom stereocenters. The van der Waals surface area contributed by atoms with Gasteiger partial charge in [0, 0.05) is 64.3 Å². The average molecular weight is 727 g/mol. The number of aryl methyl sites for hydroxylation is 1. The van der Waals surface area contributed by atoms with Gasteiger partial charge in [0.15, 0.2) is 0 Å². The molecule has 0 saturated carbocycles. The largest absolute Gasteiger partial charge is 0.490 e. The minimum absolute atomic E-state index is 0.0761. The summed E-state index contributed by atoms with van der Waals surface area (Å²) in [6.07, 6.45) is 7.24.